The number of rotatable bonds is 3. The monoisotopic (exact) mass is 245 g/mol. The highest BCUT2D eigenvalue weighted by atomic mass is 32.1. The molecule has 0 radical (unpaired) electrons. The number of carbonyl (C=O) groups excluding carboxylic acids is 1. The minimum absolute atomic E-state index is 0.256. The summed E-state index contributed by atoms with van der Waals surface area (Å²) in [4.78, 5) is 16.6. The van der Waals surface area contributed by atoms with E-state index in [-0.39, 0.29) is 5.91 Å². The van der Waals surface area contributed by atoms with E-state index in [9.17, 15) is 4.79 Å². The fourth-order valence-electron chi connectivity index (χ4n) is 1.24. The molecule has 0 aromatic carbocycles. The second-order valence-electron chi connectivity index (χ2n) is 3.36. The highest BCUT2D eigenvalue weighted by molar-refractivity contribution is 7.12. The van der Waals surface area contributed by atoms with Crippen molar-refractivity contribution in [3.63, 3.8) is 0 Å². The van der Waals surface area contributed by atoms with E-state index < -0.39 is 0 Å². The Hall–Kier alpha value is -2.01. The second kappa shape index (κ2) is 5.36. The molecule has 0 atom stereocenters. The van der Waals surface area contributed by atoms with Crippen LogP contribution in [0, 0.1) is 0 Å². The van der Waals surface area contributed by atoms with Crippen LogP contribution in [0.4, 0.5) is 0 Å². The van der Waals surface area contributed by atoms with Gasteiger partial charge < -0.3 is 0 Å². The third-order valence-corrected chi connectivity index (χ3v) is 3.11. The minimum Gasteiger partial charge on any atom is -0.267 e. The number of hydrazone groups is 1. The van der Waals surface area contributed by atoms with E-state index in [2.05, 4.69) is 15.5 Å². The van der Waals surface area contributed by atoms with Crippen LogP contribution in [0.15, 0.2) is 47.1 Å². The van der Waals surface area contributed by atoms with E-state index in [4.69, 9.17) is 0 Å². The van der Waals surface area contributed by atoms with Gasteiger partial charge in [-0.05, 0) is 30.5 Å². The highest BCUT2D eigenvalue weighted by Gasteiger charge is 2.04. The van der Waals surface area contributed by atoms with E-state index in [1.54, 1.807) is 29.7 Å². The van der Waals surface area contributed by atoms with E-state index in [1.807, 2.05) is 24.4 Å². The Morgan fingerprint density at radius 1 is 1.41 bits per heavy atom. The fourth-order valence-corrected chi connectivity index (χ4v) is 1.91. The van der Waals surface area contributed by atoms with Gasteiger partial charge in [0.15, 0.2) is 0 Å². The van der Waals surface area contributed by atoms with Crippen LogP contribution >= 0.6 is 11.3 Å². The Morgan fingerprint density at radius 3 is 2.94 bits per heavy atom. The van der Waals surface area contributed by atoms with Gasteiger partial charge in [0.2, 0.25) is 0 Å². The van der Waals surface area contributed by atoms with E-state index in [1.165, 1.54) is 6.20 Å². The third kappa shape index (κ3) is 2.98. The molecule has 0 aliphatic heterocycles. The molecule has 17 heavy (non-hydrogen) atoms. The van der Waals surface area contributed by atoms with Crippen LogP contribution in [-0.4, -0.2) is 16.6 Å². The minimum atomic E-state index is -0.256. The standard InChI is InChI=1S/C12H11N3OS/c1-9(11-5-3-7-17-11)14-15-12(16)10-4-2-6-13-8-10/h2-8H,1H3,(H,15,16). The summed E-state index contributed by atoms with van der Waals surface area (Å²) in [5.74, 6) is -0.256. The zero-order valence-corrected chi connectivity index (χ0v) is 10.1. The van der Waals surface area contributed by atoms with Crippen molar-refractivity contribution < 1.29 is 4.79 Å². The molecular weight excluding hydrogens is 234 g/mol. The SMILES string of the molecule is CC(=NNC(=O)c1cccnc1)c1cccs1. The van der Waals surface area contributed by atoms with Gasteiger partial charge in [-0.3, -0.25) is 9.78 Å². The van der Waals surface area contributed by atoms with Crippen LogP contribution in [0.5, 0.6) is 0 Å². The number of aromatic nitrogens is 1. The molecule has 0 unspecified atom stereocenters. The molecule has 2 aromatic rings. The summed E-state index contributed by atoms with van der Waals surface area (Å²) in [5.41, 5.74) is 3.79. The lowest BCUT2D eigenvalue weighted by Gasteiger charge is -2.00. The average Bonchev–Trinajstić information content (AvgIpc) is 2.90. The molecule has 0 aliphatic rings. The van der Waals surface area contributed by atoms with Crippen molar-refractivity contribution in [3.8, 4) is 0 Å². The van der Waals surface area contributed by atoms with E-state index in [0.29, 0.717) is 5.56 Å². The fraction of sp³-hybridized carbons (Fsp3) is 0.0833. The largest absolute Gasteiger partial charge is 0.272 e. The Balaban J connectivity index is 2.04. The summed E-state index contributed by atoms with van der Waals surface area (Å²) in [6, 6.07) is 7.31. The predicted octanol–water partition coefficient (Wildman–Crippen LogP) is 2.30. The lowest BCUT2D eigenvalue weighted by Crippen LogP contribution is -2.19. The quantitative estimate of drug-likeness (QED) is 0.666. The van der Waals surface area contributed by atoms with Crippen molar-refractivity contribution in [2.75, 3.05) is 0 Å². The number of thiophene rings is 1. The Labute approximate surface area is 103 Å². The maximum Gasteiger partial charge on any atom is 0.272 e. The normalized spacial score (nSPS) is 11.2. The first-order valence-corrected chi connectivity index (χ1v) is 5.94. The molecule has 1 N–H and O–H groups in total. The summed E-state index contributed by atoms with van der Waals surface area (Å²) >= 11 is 1.58. The Bertz CT molecular complexity index is 520. The van der Waals surface area contributed by atoms with Crippen LogP contribution in [0.1, 0.15) is 22.2 Å². The van der Waals surface area contributed by atoms with Crippen LogP contribution in [-0.2, 0) is 0 Å². The molecule has 86 valence electrons. The lowest BCUT2D eigenvalue weighted by atomic mass is 10.3. The topological polar surface area (TPSA) is 54.4 Å². The second-order valence-corrected chi connectivity index (χ2v) is 4.30. The number of pyridine rings is 1. The molecule has 1 amide bonds. The number of nitrogens with one attached hydrogen (secondary N) is 1. The first-order chi connectivity index (χ1) is 8.27. The summed E-state index contributed by atoms with van der Waals surface area (Å²) < 4.78 is 0. The molecule has 0 spiro atoms. The van der Waals surface area contributed by atoms with Crippen molar-refractivity contribution in [3.05, 3.63) is 52.5 Å². The van der Waals surface area contributed by atoms with Gasteiger partial charge in [0.1, 0.15) is 0 Å². The molecule has 0 aliphatic carbocycles. The van der Waals surface area contributed by atoms with Gasteiger partial charge in [0.05, 0.1) is 11.3 Å². The van der Waals surface area contributed by atoms with Crippen molar-refractivity contribution in [1.29, 1.82) is 0 Å². The summed E-state index contributed by atoms with van der Waals surface area (Å²) in [5, 5.41) is 6.01. The molecule has 2 aromatic heterocycles. The maximum atomic E-state index is 11.7. The zero-order chi connectivity index (χ0) is 12.1. The van der Waals surface area contributed by atoms with Gasteiger partial charge in [0.25, 0.3) is 5.91 Å². The van der Waals surface area contributed by atoms with Gasteiger partial charge >= 0.3 is 0 Å². The molecule has 0 bridgehead atoms. The van der Waals surface area contributed by atoms with Crippen LogP contribution < -0.4 is 5.43 Å². The van der Waals surface area contributed by atoms with Gasteiger partial charge in [-0.2, -0.15) is 5.10 Å². The van der Waals surface area contributed by atoms with Gasteiger partial charge in [0, 0.05) is 17.3 Å². The average molecular weight is 245 g/mol. The van der Waals surface area contributed by atoms with Crippen molar-refractivity contribution in [2.45, 2.75) is 6.92 Å². The maximum absolute atomic E-state index is 11.7. The van der Waals surface area contributed by atoms with E-state index >= 15 is 0 Å². The first kappa shape index (κ1) is 11.5. The first-order valence-electron chi connectivity index (χ1n) is 5.06. The van der Waals surface area contributed by atoms with Crippen molar-refractivity contribution >= 4 is 23.0 Å². The van der Waals surface area contributed by atoms with Gasteiger partial charge in [-0.25, -0.2) is 5.43 Å². The molecule has 0 saturated carbocycles. The summed E-state index contributed by atoms with van der Waals surface area (Å²) in [7, 11) is 0. The number of hydrogen-bond acceptors (Lipinski definition) is 4. The third-order valence-electron chi connectivity index (χ3n) is 2.13. The molecular formula is C12H11N3OS. The molecule has 5 heteroatoms. The van der Waals surface area contributed by atoms with Gasteiger partial charge in [-0.15, -0.1) is 11.3 Å². The zero-order valence-electron chi connectivity index (χ0n) is 9.25. The molecule has 0 fully saturated rings. The number of nitrogens with zero attached hydrogens (tertiary/aromatic N) is 2. The Morgan fingerprint density at radius 2 is 2.29 bits per heavy atom. The van der Waals surface area contributed by atoms with Gasteiger partial charge in [-0.1, -0.05) is 6.07 Å². The lowest BCUT2D eigenvalue weighted by molar-refractivity contribution is 0.0954. The van der Waals surface area contributed by atoms with Crippen molar-refractivity contribution in [2.24, 2.45) is 5.10 Å². The van der Waals surface area contributed by atoms with Crippen LogP contribution in [0.3, 0.4) is 0 Å². The Kier molecular flexibility index (Phi) is 3.62. The molecule has 2 heterocycles. The van der Waals surface area contributed by atoms with E-state index in [0.717, 1.165) is 10.6 Å². The number of hydrogen-bond donors (Lipinski definition) is 1. The van der Waals surface area contributed by atoms with Crippen LogP contribution in [0.2, 0.25) is 0 Å². The number of amides is 1. The summed E-state index contributed by atoms with van der Waals surface area (Å²) in [6.45, 7) is 1.86. The van der Waals surface area contributed by atoms with Crippen molar-refractivity contribution in [1.82, 2.24) is 10.4 Å². The summed E-state index contributed by atoms with van der Waals surface area (Å²) in [6.07, 6.45) is 3.13. The predicted molar refractivity (Wildman–Crippen MR) is 68.2 cm³/mol. The smallest absolute Gasteiger partial charge is 0.267 e. The molecule has 2 rings (SSSR count). The molecule has 0 saturated heterocycles. The highest BCUT2D eigenvalue weighted by Crippen LogP contribution is 2.09. The van der Waals surface area contributed by atoms with Crippen LogP contribution in [0.25, 0.3) is 0 Å². The molecule has 4 nitrogen and oxygen atoms in total. The number of carbonyl (C=O) groups is 1.